The maximum Gasteiger partial charge on any atom is 0.134 e. The second-order valence-corrected chi connectivity index (χ2v) is 6.37. The molecule has 2 heteroatoms. The standard InChI is InChI=1S/C14H29NO/c1-6-7-11(2)8-13(16)9-12(15)10-14(3,4)5/h11-12H,6-10,15H2,1-5H3. The first-order valence-electron chi connectivity index (χ1n) is 6.52. The molecule has 0 aromatic heterocycles. The first kappa shape index (κ1) is 15.6. The fourth-order valence-electron chi connectivity index (χ4n) is 2.22. The molecule has 0 spiro atoms. The van der Waals surface area contributed by atoms with Gasteiger partial charge in [0.1, 0.15) is 5.78 Å². The van der Waals surface area contributed by atoms with Crippen LogP contribution in [0.1, 0.15) is 66.7 Å². The van der Waals surface area contributed by atoms with E-state index in [0.717, 1.165) is 19.3 Å². The maximum atomic E-state index is 11.7. The topological polar surface area (TPSA) is 43.1 Å². The van der Waals surface area contributed by atoms with E-state index in [1.807, 2.05) is 0 Å². The summed E-state index contributed by atoms with van der Waals surface area (Å²) in [6.45, 7) is 10.8. The Balaban J connectivity index is 3.87. The summed E-state index contributed by atoms with van der Waals surface area (Å²) in [5, 5.41) is 0. The van der Waals surface area contributed by atoms with Crippen LogP contribution in [-0.4, -0.2) is 11.8 Å². The van der Waals surface area contributed by atoms with Crippen molar-refractivity contribution in [2.24, 2.45) is 17.1 Å². The van der Waals surface area contributed by atoms with E-state index in [1.165, 1.54) is 0 Å². The van der Waals surface area contributed by atoms with Gasteiger partial charge in [-0.2, -0.15) is 0 Å². The van der Waals surface area contributed by atoms with E-state index >= 15 is 0 Å². The van der Waals surface area contributed by atoms with E-state index in [9.17, 15) is 4.79 Å². The molecule has 0 radical (unpaired) electrons. The molecule has 0 fully saturated rings. The fourth-order valence-corrected chi connectivity index (χ4v) is 2.22. The Morgan fingerprint density at radius 3 is 2.25 bits per heavy atom. The summed E-state index contributed by atoms with van der Waals surface area (Å²) in [6.07, 6.45) is 4.46. The molecular weight excluding hydrogens is 198 g/mol. The summed E-state index contributed by atoms with van der Waals surface area (Å²) in [5.41, 5.74) is 6.21. The summed E-state index contributed by atoms with van der Waals surface area (Å²) >= 11 is 0. The van der Waals surface area contributed by atoms with Crippen molar-refractivity contribution in [2.45, 2.75) is 72.8 Å². The number of Topliss-reactive ketones (excluding diaryl/α,β-unsaturated/α-hetero) is 1. The highest BCUT2D eigenvalue weighted by Crippen LogP contribution is 2.22. The van der Waals surface area contributed by atoms with Crippen LogP contribution < -0.4 is 5.73 Å². The summed E-state index contributed by atoms with van der Waals surface area (Å²) < 4.78 is 0. The number of hydrogen-bond donors (Lipinski definition) is 1. The molecule has 16 heavy (non-hydrogen) atoms. The average Bonchev–Trinajstić information content (AvgIpc) is 1.98. The molecule has 2 unspecified atom stereocenters. The minimum absolute atomic E-state index is 0.0290. The smallest absolute Gasteiger partial charge is 0.134 e. The summed E-state index contributed by atoms with van der Waals surface area (Å²) in [7, 11) is 0. The first-order valence-corrected chi connectivity index (χ1v) is 6.52. The minimum Gasteiger partial charge on any atom is -0.327 e. The first-order chi connectivity index (χ1) is 7.24. The second kappa shape index (κ2) is 7.05. The van der Waals surface area contributed by atoms with E-state index in [2.05, 4.69) is 34.6 Å². The van der Waals surface area contributed by atoms with Crippen LogP contribution in [0.3, 0.4) is 0 Å². The van der Waals surface area contributed by atoms with Crippen LogP contribution in [0, 0.1) is 11.3 Å². The van der Waals surface area contributed by atoms with Gasteiger partial charge in [-0.15, -0.1) is 0 Å². The zero-order valence-corrected chi connectivity index (χ0v) is 11.7. The van der Waals surface area contributed by atoms with Gasteiger partial charge in [-0.05, 0) is 17.8 Å². The summed E-state index contributed by atoms with van der Waals surface area (Å²) in [4.78, 5) is 11.7. The van der Waals surface area contributed by atoms with Gasteiger partial charge in [0.2, 0.25) is 0 Å². The lowest BCUT2D eigenvalue weighted by molar-refractivity contribution is -0.120. The Labute approximate surface area is 101 Å². The quantitative estimate of drug-likeness (QED) is 0.723. The lowest BCUT2D eigenvalue weighted by Gasteiger charge is -2.23. The zero-order valence-electron chi connectivity index (χ0n) is 11.7. The van der Waals surface area contributed by atoms with Crippen LogP contribution in [0.5, 0.6) is 0 Å². The lowest BCUT2D eigenvalue weighted by atomic mass is 9.86. The van der Waals surface area contributed by atoms with Crippen LogP contribution in [0.25, 0.3) is 0 Å². The van der Waals surface area contributed by atoms with Gasteiger partial charge in [-0.25, -0.2) is 0 Å². The molecule has 96 valence electrons. The minimum atomic E-state index is 0.0290. The number of nitrogens with two attached hydrogens (primary N) is 1. The molecule has 0 saturated carbocycles. The summed E-state index contributed by atoms with van der Waals surface area (Å²) in [6, 6.07) is 0.0290. The van der Waals surface area contributed by atoms with E-state index in [-0.39, 0.29) is 11.5 Å². The van der Waals surface area contributed by atoms with Gasteiger partial charge < -0.3 is 5.73 Å². The van der Waals surface area contributed by atoms with Crippen molar-refractivity contribution >= 4 is 5.78 Å². The Kier molecular flexibility index (Phi) is 6.89. The predicted molar refractivity (Wildman–Crippen MR) is 70.4 cm³/mol. The third-order valence-corrected chi connectivity index (χ3v) is 2.72. The normalized spacial score (nSPS) is 15.9. The van der Waals surface area contributed by atoms with E-state index in [1.54, 1.807) is 0 Å². The molecule has 0 saturated heterocycles. The van der Waals surface area contributed by atoms with Crippen molar-refractivity contribution in [3.63, 3.8) is 0 Å². The van der Waals surface area contributed by atoms with Crippen LogP contribution in [0.2, 0.25) is 0 Å². The molecule has 0 aliphatic rings. The van der Waals surface area contributed by atoms with E-state index in [4.69, 9.17) is 5.73 Å². The average molecular weight is 227 g/mol. The molecule has 2 N–H and O–H groups in total. The zero-order chi connectivity index (χ0) is 12.8. The van der Waals surface area contributed by atoms with Crippen LogP contribution in [-0.2, 0) is 4.79 Å². The predicted octanol–water partition coefficient (Wildman–Crippen LogP) is 3.54. The van der Waals surface area contributed by atoms with Crippen LogP contribution in [0.4, 0.5) is 0 Å². The number of ketones is 1. The van der Waals surface area contributed by atoms with E-state index in [0.29, 0.717) is 24.5 Å². The molecule has 2 atom stereocenters. The molecule has 0 aromatic carbocycles. The highest BCUT2D eigenvalue weighted by atomic mass is 16.1. The largest absolute Gasteiger partial charge is 0.327 e. The van der Waals surface area contributed by atoms with Gasteiger partial charge in [0, 0.05) is 18.9 Å². The van der Waals surface area contributed by atoms with Gasteiger partial charge in [0.15, 0.2) is 0 Å². The molecule has 0 aliphatic heterocycles. The monoisotopic (exact) mass is 227 g/mol. The third kappa shape index (κ3) is 8.90. The molecule has 2 nitrogen and oxygen atoms in total. The highest BCUT2D eigenvalue weighted by Gasteiger charge is 2.18. The van der Waals surface area contributed by atoms with Crippen molar-refractivity contribution < 1.29 is 4.79 Å². The van der Waals surface area contributed by atoms with Gasteiger partial charge in [0.05, 0.1) is 0 Å². The fraction of sp³-hybridized carbons (Fsp3) is 0.929. The van der Waals surface area contributed by atoms with Gasteiger partial charge >= 0.3 is 0 Å². The molecule has 0 aromatic rings. The molecule has 0 amide bonds. The molecule has 0 rings (SSSR count). The Hall–Kier alpha value is -0.370. The lowest BCUT2D eigenvalue weighted by Crippen LogP contribution is -2.29. The Bertz CT molecular complexity index is 205. The van der Waals surface area contributed by atoms with Crippen molar-refractivity contribution in [1.29, 1.82) is 0 Å². The van der Waals surface area contributed by atoms with Gasteiger partial charge in [-0.3, -0.25) is 4.79 Å². The van der Waals surface area contributed by atoms with Crippen LogP contribution in [0.15, 0.2) is 0 Å². The second-order valence-electron chi connectivity index (χ2n) is 6.37. The highest BCUT2D eigenvalue weighted by molar-refractivity contribution is 5.79. The summed E-state index contributed by atoms with van der Waals surface area (Å²) in [5.74, 6) is 0.844. The van der Waals surface area contributed by atoms with Crippen molar-refractivity contribution in [1.82, 2.24) is 0 Å². The number of carbonyl (C=O) groups is 1. The number of rotatable bonds is 7. The van der Waals surface area contributed by atoms with Crippen molar-refractivity contribution in [3.05, 3.63) is 0 Å². The SMILES string of the molecule is CCCC(C)CC(=O)CC(N)CC(C)(C)C. The van der Waals surface area contributed by atoms with Gasteiger partial charge in [-0.1, -0.05) is 47.5 Å². The van der Waals surface area contributed by atoms with Crippen LogP contribution >= 0.6 is 0 Å². The van der Waals surface area contributed by atoms with Gasteiger partial charge in [0.25, 0.3) is 0 Å². The van der Waals surface area contributed by atoms with Crippen molar-refractivity contribution in [3.8, 4) is 0 Å². The molecule has 0 aliphatic carbocycles. The Morgan fingerprint density at radius 2 is 1.81 bits per heavy atom. The van der Waals surface area contributed by atoms with Crippen molar-refractivity contribution in [2.75, 3.05) is 0 Å². The van der Waals surface area contributed by atoms with E-state index < -0.39 is 0 Å². The molecular formula is C14H29NO. The Morgan fingerprint density at radius 1 is 1.25 bits per heavy atom. The third-order valence-electron chi connectivity index (χ3n) is 2.72. The number of hydrogen-bond acceptors (Lipinski definition) is 2. The molecule has 0 heterocycles. The number of carbonyl (C=O) groups excluding carboxylic acids is 1. The maximum absolute atomic E-state index is 11.7. The molecule has 0 bridgehead atoms.